The topological polar surface area (TPSA) is 194 Å². The number of anilines is 1. The van der Waals surface area contributed by atoms with E-state index in [0.717, 1.165) is 0 Å². The third-order valence-electron chi connectivity index (χ3n) is 5.52. The number of alkyl halides is 2. The van der Waals surface area contributed by atoms with Crippen molar-refractivity contribution >= 4 is 17.0 Å². The molecule has 4 aromatic heterocycles. The number of ether oxygens (including phenoxy) is 1. The Kier molecular flexibility index (Phi) is 6.46. The van der Waals surface area contributed by atoms with E-state index < -0.39 is 43.7 Å². The Labute approximate surface area is 200 Å². The summed E-state index contributed by atoms with van der Waals surface area (Å²) >= 11 is 0. The highest BCUT2D eigenvalue weighted by atomic mass is 19.3. The molecule has 0 spiro atoms. The molecule has 17 heteroatoms. The highest BCUT2D eigenvalue weighted by Gasteiger charge is 2.47. The molecule has 0 bridgehead atoms. The van der Waals surface area contributed by atoms with Gasteiger partial charge in [-0.15, -0.1) is 10.2 Å². The Balaban J connectivity index is 1.57. The van der Waals surface area contributed by atoms with Crippen LogP contribution in [-0.4, -0.2) is 105 Å². The fourth-order valence-corrected chi connectivity index (χ4v) is 3.75. The Bertz CT molecular complexity index is 1340. The van der Waals surface area contributed by atoms with Crippen molar-refractivity contribution in [1.29, 1.82) is 0 Å². The van der Waals surface area contributed by atoms with Crippen LogP contribution in [0.2, 0.25) is 0 Å². The van der Waals surface area contributed by atoms with Crippen LogP contribution in [0, 0.1) is 0 Å². The van der Waals surface area contributed by atoms with E-state index in [4.69, 9.17) is 4.74 Å². The summed E-state index contributed by atoms with van der Waals surface area (Å²) in [5.74, 6) is -0.0750. The van der Waals surface area contributed by atoms with Crippen LogP contribution >= 0.6 is 0 Å². The van der Waals surface area contributed by atoms with Crippen LogP contribution in [0.25, 0.3) is 28.5 Å². The average Bonchev–Trinajstić information content (AvgIpc) is 3.61. The maximum Gasteiger partial charge on any atom is 0.256 e. The molecule has 1 fully saturated rings. The number of hydrogen-bond donors (Lipinski definition) is 5. The number of likely N-dealkylation sites (N-methyl/N-ethyl adjacent to an activating group) is 1. The average molecular weight is 505 g/mol. The van der Waals surface area contributed by atoms with Crippen LogP contribution in [0.4, 0.5) is 14.6 Å². The van der Waals surface area contributed by atoms with E-state index >= 15 is 0 Å². The standard InChI is InChI=1S/C19H21F2N11O4/c1-22-17(35)14-12(33)13(34)18(36-14)31-7-24-11-15(23-5-10(20)21)26-19(27-16(11)31)32-6-9(29-30-32)8-3-2-4-25-28-8/h2-4,6-7,10,12-14,17-18,22,33-35H,5H2,1H3,(H,23,26,27)/t12-,13+,14-,17?,18+/m0/s1. The number of aliphatic hydroxyl groups excluding tert-OH is 3. The second-order valence-corrected chi connectivity index (χ2v) is 7.83. The van der Waals surface area contributed by atoms with Gasteiger partial charge in [-0.3, -0.25) is 9.88 Å². The SMILES string of the molecule is CNC(O)[C@H]1O[C@@H](n2cnc3c(NCC(F)F)nc(-n4cc(-c5cccnn5)nn4)nc32)[C@H](O)[C@@H]1O. The van der Waals surface area contributed by atoms with E-state index in [2.05, 4.69) is 46.1 Å². The lowest BCUT2D eigenvalue weighted by Crippen LogP contribution is -2.45. The number of imidazole rings is 1. The molecule has 0 aliphatic carbocycles. The van der Waals surface area contributed by atoms with Crippen molar-refractivity contribution in [3.63, 3.8) is 0 Å². The zero-order chi connectivity index (χ0) is 25.4. The molecule has 36 heavy (non-hydrogen) atoms. The number of fused-ring (bicyclic) bond motifs is 1. The van der Waals surface area contributed by atoms with E-state index in [1.807, 2.05) is 0 Å². The van der Waals surface area contributed by atoms with E-state index in [9.17, 15) is 24.1 Å². The summed E-state index contributed by atoms with van der Waals surface area (Å²) in [6.07, 6.45) is -4.94. The Morgan fingerprint density at radius 2 is 2.00 bits per heavy atom. The first-order chi connectivity index (χ1) is 17.4. The number of halogens is 2. The van der Waals surface area contributed by atoms with Crippen molar-refractivity contribution in [3.8, 4) is 17.3 Å². The van der Waals surface area contributed by atoms with Crippen molar-refractivity contribution in [1.82, 2.24) is 50.0 Å². The molecule has 1 saturated heterocycles. The first-order valence-electron chi connectivity index (χ1n) is 10.7. The highest BCUT2D eigenvalue weighted by molar-refractivity contribution is 5.83. The molecule has 5 rings (SSSR count). The second-order valence-electron chi connectivity index (χ2n) is 7.83. The molecule has 190 valence electrons. The van der Waals surface area contributed by atoms with Crippen LogP contribution in [0.15, 0.2) is 30.9 Å². The number of rotatable bonds is 8. The van der Waals surface area contributed by atoms with Gasteiger partial charge in [0.1, 0.15) is 35.9 Å². The van der Waals surface area contributed by atoms with Gasteiger partial charge in [0.25, 0.3) is 12.4 Å². The van der Waals surface area contributed by atoms with Crippen molar-refractivity contribution in [2.75, 3.05) is 18.9 Å². The predicted molar refractivity (Wildman–Crippen MR) is 117 cm³/mol. The minimum absolute atomic E-state index is 0.0227. The van der Waals surface area contributed by atoms with Gasteiger partial charge in [-0.05, 0) is 19.2 Å². The lowest BCUT2D eigenvalue weighted by atomic mass is 10.1. The molecule has 1 unspecified atom stereocenters. The van der Waals surface area contributed by atoms with E-state index in [1.54, 1.807) is 12.1 Å². The summed E-state index contributed by atoms with van der Waals surface area (Å²) in [6, 6.07) is 3.35. The van der Waals surface area contributed by atoms with Crippen LogP contribution < -0.4 is 10.6 Å². The molecule has 0 radical (unpaired) electrons. The quantitative estimate of drug-likeness (QED) is 0.177. The summed E-state index contributed by atoms with van der Waals surface area (Å²) in [5.41, 5.74) is 1.00. The third kappa shape index (κ3) is 4.33. The smallest absolute Gasteiger partial charge is 0.256 e. The van der Waals surface area contributed by atoms with Crippen molar-refractivity contribution in [2.45, 2.75) is 37.2 Å². The monoisotopic (exact) mass is 505 g/mol. The van der Waals surface area contributed by atoms with Gasteiger partial charge in [0.2, 0.25) is 0 Å². The summed E-state index contributed by atoms with van der Waals surface area (Å²) in [7, 11) is 1.46. The van der Waals surface area contributed by atoms with E-state index in [0.29, 0.717) is 11.4 Å². The minimum atomic E-state index is -2.67. The van der Waals surface area contributed by atoms with Gasteiger partial charge in [-0.1, -0.05) is 5.21 Å². The fourth-order valence-electron chi connectivity index (χ4n) is 3.75. The molecule has 5 N–H and O–H groups in total. The maximum absolute atomic E-state index is 13.0. The Morgan fingerprint density at radius 3 is 2.72 bits per heavy atom. The van der Waals surface area contributed by atoms with Gasteiger partial charge >= 0.3 is 0 Å². The molecular weight excluding hydrogens is 484 g/mol. The zero-order valence-electron chi connectivity index (χ0n) is 18.6. The number of nitrogens with one attached hydrogen (secondary N) is 2. The van der Waals surface area contributed by atoms with Crippen LogP contribution in [0.5, 0.6) is 0 Å². The Hall–Kier alpha value is -3.77. The normalized spacial score (nSPS) is 23.0. The number of hydrogen-bond acceptors (Lipinski definition) is 13. The van der Waals surface area contributed by atoms with E-state index in [-0.39, 0.29) is 22.9 Å². The summed E-state index contributed by atoms with van der Waals surface area (Å²) in [6.45, 7) is -0.710. The van der Waals surface area contributed by atoms with Gasteiger partial charge in [0, 0.05) is 6.20 Å². The van der Waals surface area contributed by atoms with Crippen molar-refractivity contribution in [3.05, 3.63) is 30.9 Å². The van der Waals surface area contributed by atoms with Crippen molar-refractivity contribution in [2.24, 2.45) is 0 Å². The summed E-state index contributed by atoms with van der Waals surface area (Å²) in [5, 5.41) is 51.9. The van der Waals surface area contributed by atoms with Crippen LogP contribution in [0.1, 0.15) is 6.23 Å². The zero-order valence-corrected chi connectivity index (χ0v) is 18.6. The molecule has 0 amide bonds. The van der Waals surface area contributed by atoms with Gasteiger partial charge in [-0.25, -0.2) is 13.8 Å². The lowest BCUT2D eigenvalue weighted by molar-refractivity contribution is -0.0911. The molecule has 5 atom stereocenters. The summed E-state index contributed by atoms with van der Waals surface area (Å²) in [4.78, 5) is 12.9. The fraction of sp³-hybridized carbons (Fsp3) is 0.421. The van der Waals surface area contributed by atoms with E-state index in [1.165, 1.54) is 35.0 Å². The number of aromatic nitrogens is 9. The predicted octanol–water partition coefficient (Wildman–Crippen LogP) is -1.30. The third-order valence-corrected chi connectivity index (χ3v) is 5.52. The molecule has 0 aromatic carbocycles. The molecule has 4 aromatic rings. The number of aliphatic hydroxyl groups is 3. The first-order valence-corrected chi connectivity index (χ1v) is 10.7. The van der Waals surface area contributed by atoms with Crippen LogP contribution in [-0.2, 0) is 4.74 Å². The Morgan fingerprint density at radius 1 is 1.17 bits per heavy atom. The van der Waals surface area contributed by atoms with Gasteiger partial charge in [-0.2, -0.15) is 19.7 Å². The molecule has 5 heterocycles. The van der Waals surface area contributed by atoms with Gasteiger partial charge in [0.05, 0.1) is 19.1 Å². The summed E-state index contributed by atoms with van der Waals surface area (Å²) < 4.78 is 34.1. The van der Waals surface area contributed by atoms with Gasteiger partial charge < -0.3 is 25.4 Å². The maximum atomic E-state index is 13.0. The lowest BCUT2D eigenvalue weighted by Gasteiger charge is -2.20. The minimum Gasteiger partial charge on any atom is -0.387 e. The molecule has 0 saturated carbocycles. The molecule has 1 aliphatic heterocycles. The molecule has 15 nitrogen and oxygen atoms in total. The number of nitrogens with zero attached hydrogens (tertiary/aromatic N) is 9. The van der Waals surface area contributed by atoms with Crippen molar-refractivity contribution < 1.29 is 28.8 Å². The largest absolute Gasteiger partial charge is 0.387 e. The highest BCUT2D eigenvalue weighted by Crippen LogP contribution is 2.33. The molecule has 1 aliphatic rings. The molecular formula is C19H21F2N11O4. The first kappa shape index (κ1) is 23.9. The second kappa shape index (κ2) is 9.70. The van der Waals surface area contributed by atoms with Gasteiger partial charge in [0.15, 0.2) is 23.2 Å². The van der Waals surface area contributed by atoms with Crippen LogP contribution in [0.3, 0.4) is 0 Å².